The van der Waals surface area contributed by atoms with Gasteiger partial charge in [0.2, 0.25) is 0 Å². The minimum Gasteiger partial charge on any atom is -0.219 e. The van der Waals surface area contributed by atoms with E-state index in [0.29, 0.717) is 5.95 Å². The average molecular weight is 173 g/mol. The van der Waals surface area contributed by atoms with Crippen LogP contribution in [0.4, 0.5) is 5.95 Å². The van der Waals surface area contributed by atoms with Gasteiger partial charge in [-0.15, -0.1) is 0 Å². The second-order valence-electron chi connectivity index (χ2n) is 1.13. The first-order chi connectivity index (χ1) is 3.93. The fourth-order valence-corrected chi connectivity index (χ4v) is 0.518. The molecule has 4 heteroatoms. The Bertz CT molecular complexity index is 153. The Morgan fingerprint density at radius 2 is 2.00 bits per heavy atom. The summed E-state index contributed by atoms with van der Waals surface area (Å²) in [6, 6.07) is 1.74. The molecule has 0 saturated heterocycles. The van der Waals surface area contributed by atoms with Crippen molar-refractivity contribution < 1.29 is 0 Å². The van der Waals surface area contributed by atoms with Crippen LogP contribution in [0.5, 0.6) is 0 Å². The van der Waals surface area contributed by atoms with Crippen molar-refractivity contribution in [2.45, 2.75) is 0 Å². The summed E-state index contributed by atoms with van der Waals surface area (Å²) in [6.45, 7) is 0. The molecule has 0 aliphatic rings. The van der Waals surface area contributed by atoms with Gasteiger partial charge in [0, 0.05) is 12.4 Å². The predicted octanol–water partition coefficient (Wildman–Crippen LogP) is 1.02. The molecule has 0 atom stereocenters. The lowest BCUT2D eigenvalue weighted by Gasteiger charge is -1.85. The lowest BCUT2D eigenvalue weighted by Crippen LogP contribution is -1.84. The van der Waals surface area contributed by atoms with Crippen molar-refractivity contribution in [1.82, 2.24) is 14.3 Å². The highest BCUT2D eigenvalue weighted by Gasteiger charge is 1.85. The quantitative estimate of drug-likeness (QED) is 0.635. The summed E-state index contributed by atoms with van der Waals surface area (Å²) < 4.78 is 3.56. The van der Waals surface area contributed by atoms with Crippen LogP contribution in [0, 0.1) is 0 Å². The largest absolute Gasteiger partial charge is 0.256 e. The van der Waals surface area contributed by atoms with Gasteiger partial charge in [-0.2, -0.15) is 4.34 Å². The van der Waals surface area contributed by atoms with E-state index >= 15 is 0 Å². The second-order valence-corrected chi connectivity index (χ2v) is 1.49. The number of aromatic nitrogens is 2. The Labute approximate surface area is 55.5 Å². The number of hydrogen-bond acceptors (Lipinski definition) is 2. The minimum atomic E-state index is 0.451. The van der Waals surface area contributed by atoms with Crippen LogP contribution in [0.3, 0.4) is 0 Å². The molecule has 41 valence electrons. The van der Waals surface area contributed by atoms with Crippen molar-refractivity contribution in [2.75, 3.05) is 0 Å². The zero-order valence-corrected chi connectivity index (χ0v) is 5.54. The zero-order chi connectivity index (χ0) is 5.82. The third-order valence-corrected chi connectivity index (χ3v) is 0.945. The van der Waals surface area contributed by atoms with Gasteiger partial charge < -0.3 is 0 Å². The third kappa shape index (κ3) is 1.16. The highest BCUT2D eigenvalue weighted by atomic mass is 79.9. The van der Waals surface area contributed by atoms with Gasteiger partial charge >= 0.3 is 0 Å². The van der Waals surface area contributed by atoms with Crippen molar-refractivity contribution in [3.8, 4) is 0 Å². The van der Waals surface area contributed by atoms with Crippen LogP contribution in [0.25, 0.3) is 0 Å². The molecule has 0 spiro atoms. The maximum atomic E-state index is 3.77. The highest BCUT2D eigenvalue weighted by Crippen LogP contribution is 1.95. The number of hydrogen-bond donors (Lipinski definition) is 0. The van der Waals surface area contributed by atoms with E-state index in [2.05, 4.69) is 30.5 Å². The third-order valence-electron chi connectivity index (χ3n) is 0.628. The zero-order valence-electron chi connectivity index (χ0n) is 3.95. The van der Waals surface area contributed by atoms with Crippen LogP contribution in [-0.2, 0) is 0 Å². The van der Waals surface area contributed by atoms with E-state index < -0.39 is 0 Å². The van der Waals surface area contributed by atoms with E-state index in [9.17, 15) is 0 Å². The molecule has 0 unspecified atom stereocenters. The van der Waals surface area contributed by atoms with E-state index in [0.717, 1.165) is 0 Å². The molecule has 1 radical (unpaired) electrons. The summed E-state index contributed by atoms with van der Waals surface area (Å²) in [5.41, 5.74) is 0. The van der Waals surface area contributed by atoms with Crippen molar-refractivity contribution >= 4 is 22.1 Å². The number of rotatable bonds is 1. The Morgan fingerprint density at radius 1 is 1.38 bits per heavy atom. The van der Waals surface area contributed by atoms with Crippen LogP contribution >= 0.6 is 16.1 Å². The summed E-state index contributed by atoms with van der Waals surface area (Å²) >= 11 is 2.86. The van der Waals surface area contributed by atoms with Gasteiger partial charge in [0.15, 0.2) is 0 Å². The molecule has 0 N–H and O–H groups in total. The lowest BCUT2D eigenvalue weighted by molar-refractivity contribution is 1.09. The van der Waals surface area contributed by atoms with E-state index in [1.165, 1.54) is 0 Å². The molecule has 8 heavy (non-hydrogen) atoms. The summed E-state index contributed by atoms with van der Waals surface area (Å²) in [5, 5.41) is 0. The first-order valence-electron chi connectivity index (χ1n) is 2.02. The fraction of sp³-hybridized carbons (Fsp3) is 0. The van der Waals surface area contributed by atoms with Crippen molar-refractivity contribution in [1.29, 1.82) is 0 Å². The Hall–Kier alpha value is -0.640. The van der Waals surface area contributed by atoms with Gasteiger partial charge in [-0.3, -0.25) is 0 Å². The Kier molecular flexibility index (Phi) is 1.80. The highest BCUT2D eigenvalue weighted by molar-refractivity contribution is 9.08. The van der Waals surface area contributed by atoms with Gasteiger partial charge in [0.05, 0.1) is 16.1 Å². The molecule has 0 aromatic carbocycles. The minimum absolute atomic E-state index is 0.451. The smallest absolute Gasteiger partial charge is 0.219 e. The normalized spacial score (nSPS) is 8.62. The summed E-state index contributed by atoms with van der Waals surface area (Å²) in [5.74, 6) is 0.451. The maximum absolute atomic E-state index is 3.77. The van der Waals surface area contributed by atoms with Crippen LogP contribution < -0.4 is 4.34 Å². The fourth-order valence-electron chi connectivity index (χ4n) is 0.335. The van der Waals surface area contributed by atoms with Crippen LogP contribution in [0.2, 0.25) is 0 Å². The van der Waals surface area contributed by atoms with E-state index in [-0.39, 0.29) is 0 Å². The van der Waals surface area contributed by atoms with Gasteiger partial charge in [0.25, 0.3) is 5.95 Å². The predicted molar refractivity (Wildman–Crippen MR) is 32.8 cm³/mol. The summed E-state index contributed by atoms with van der Waals surface area (Å²) in [4.78, 5) is 7.55. The van der Waals surface area contributed by atoms with E-state index in [1.807, 2.05) is 0 Å². The molecule has 1 aromatic heterocycles. The van der Waals surface area contributed by atoms with E-state index in [4.69, 9.17) is 0 Å². The number of halogens is 1. The molecule has 1 aromatic rings. The molecule has 1 rings (SSSR count). The van der Waals surface area contributed by atoms with Gasteiger partial charge in [-0.1, -0.05) is 0 Å². The molecule has 0 aliphatic carbocycles. The molecule has 0 aliphatic heterocycles. The molecular weight excluding hydrogens is 170 g/mol. The van der Waals surface area contributed by atoms with E-state index in [1.54, 1.807) is 18.5 Å². The van der Waals surface area contributed by atoms with Gasteiger partial charge in [0.1, 0.15) is 0 Å². The SMILES string of the molecule is Br[N]c1ncccn1. The first-order valence-corrected chi connectivity index (χ1v) is 2.73. The Morgan fingerprint density at radius 3 is 2.38 bits per heavy atom. The van der Waals surface area contributed by atoms with Gasteiger partial charge in [-0.25, -0.2) is 9.97 Å². The molecule has 0 fully saturated rings. The molecule has 0 bridgehead atoms. The molecular formula is C4H3BrN3. The maximum Gasteiger partial charge on any atom is 0.256 e. The molecule has 3 nitrogen and oxygen atoms in total. The molecule has 0 amide bonds. The van der Waals surface area contributed by atoms with Crippen LogP contribution in [0.15, 0.2) is 18.5 Å². The summed E-state index contributed by atoms with van der Waals surface area (Å²) in [6.07, 6.45) is 3.26. The second kappa shape index (κ2) is 2.61. The van der Waals surface area contributed by atoms with Crippen molar-refractivity contribution in [2.24, 2.45) is 0 Å². The topological polar surface area (TPSA) is 39.9 Å². The van der Waals surface area contributed by atoms with Gasteiger partial charge in [-0.05, 0) is 6.07 Å². The molecule has 0 saturated carbocycles. The monoisotopic (exact) mass is 172 g/mol. The first kappa shape index (κ1) is 5.50. The average Bonchev–Trinajstić information content (AvgIpc) is 1.90. The van der Waals surface area contributed by atoms with Crippen molar-refractivity contribution in [3.05, 3.63) is 18.5 Å². The molecule has 1 heterocycles. The van der Waals surface area contributed by atoms with Crippen molar-refractivity contribution in [3.63, 3.8) is 0 Å². The summed E-state index contributed by atoms with van der Waals surface area (Å²) in [7, 11) is 0. The van der Waals surface area contributed by atoms with Crippen LogP contribution in [0.1, 0.15) is 0 Å². The standard InChI is InChI=1S/C4H3BrN3/c5-8-4-6-2-1-3-7-4/h1-3H. The number of nitrogens with zero attached hydrogens (tertiary/aromatic N) is 3. The lowest BCUT2D eigenvalue weighted by atomic mass is 10.7. The van der Waals surface area contributed by atoms with Crippen LogP contribution in [-0.4, -0.2) is 9.97 Å². The Balaban J connectivity index is 2.83.